The molecule has 0 aliphatic rings. The lowest BCUT2D eigenvalue weighted by atomic mass is 9.89. The van der Waals surface area contributed by atoms with E-state index in [4.69, 9.17) is 0 Å². The second-order valence-electron chi connectivity index (χ2n) is 4.49. The van der Waals surface area contributed by atoms with Crippen molar-refractivity contribution in [3.05, 3.63) is 77.9 Å². The van der Waals surface area contributed by atoms with Crippen LogP contribution in [0.15, 0.2) is 61.2 Å². The molecule has 2 rings (SSSR count). The lowest BCUT2D eigenvalue weighted by Crippen LogP contribution is -2.09. The maximum absolute atomic E-state index is 11.2. The summed E-state index contributed by atoms with van der Waals surface area (Å²) in [6.45, 7) is 5.80. The van der Waals surface area contributed by atoms with Gasteiger partial charge in [-0.2, -0.15) is 0 Å². The van der Waals surface area contributed by atoms with Crippen LogP contribution in [0.2, 0.25) is 0 Å². The van der Waals surface area contributed by atoms with Gasteiger partial charge in [0.1, 0.15) is 0 Å². The second-order valence-corrected chi connectivity index (χ2v) is 4.49. The molecule has 0 heterocycles. The van der Waals surface area contributed by atoms with Gasteiger partial charge in [0.2, 0.25) is 0 Å². The standard InChI is InChI=1S/C17H16O2/c1-12(14-8-4-3-5-9-14)15-10-6-7-11-16(15)13(2)17(18)19/h3-11,13H,1H2,2H3,(H,18,19). The molecule has 0 spiro atoms. The molecule has 0 saturated carbocycles. The van der Waals surface area contributed by atoms with E-state index in [1.165, 1.54) is 0 Å². The third kappa shape index (κ3) is 2.74. The molecule has 2 aromatic carbocycles. The summed E-state index contributed by atoms with van der Waals surface area (Å²) >= 11 is 0. The van der Waals surface area contributed by atoms with Crippen molar-refractivity contribution in [1.29, 1.82) is 0 Å². The smallest absolute Gasteiger partial charge is 0.310 e. The maximum Gasteiger partial charge on any atom is 0.310 e. The average Bonchev–Trinajstić information content (AvgIpc) is 2.46. The lowest BCUT2D eigenvalue weighted by Gasteiger charge is -2.15. The molecular formula is C17H16O2. The van der Waals surface area contributed by atoms with E-state index in [0.29, 0.717) is 0 Å². The molecule has 2 nitrogen and oxygen atoms in total. The predicted octanol–water partition coefficient (Wildman–Crippen LogP) is 3.94. The van der Waals surface area contributed by atoms with Gasteiger partial charge in [-0.25, -0.2) is 0 Å². The van der Waals surface area contributed by atoms with Crippen LogP contribution in [0.1, 0.15) is 29.5 Å². The second kappa shape index (κ2) is 5.53. The Labute approximate surface area is 113 Å². The number of hydrogen-bond acceptors (Lipinski definition) is 1. The Morgan fingerprint density at radius 2 is 1.63 bits per heavy atom. The van der Waals surface area contributed by atoms with E-state index in [0.717, 1.165) is 22.3 Å². The minimum absolute atomic E-state index is 0.545. The van der Waals surface area contributed by atoms with Crippen molar-refractivity contribution in [2.75, 3.05) is 0 Å². The maximum atomic E-state index is 11.2. The SMILES string of the molecule is C=C(c1ccccc1)c1ccccc1C(C)C(=O)O. The highest BCUT2D eigenvalue weighted by Gasteiger charge is 2.18. The van der Waals surface area contributed by atoms with Crippen LogP contribution in [-0.4, -0.2) is 11.1 Å². The summed E-state index contributed by atoms with van der Waals surface area (Å²) in [5.41, 5.74) is 3.55. The molecule has 2 heteroatoms. The lowest BCUT2D eigenvalue weighted by molar-refractivity contribution is -0.138. The first-order valence-corrected chi connectivity index (χ1v) is 6.17. The van der Waals surface area contributed by atoms with E-state index in [-0.39, 0.29) is 0 Å². The van der Waals surface area contributed by atoms with Crippen molar-refractivity contribution in [2.24, 2.45) is 0 Å². The Morgan fingerprint density at radius 3 is 2.26 bits per heavy atom. The van der Waals surface area contributed by atoms with Crippen LogP contribution in [0.3, 0.4) is 0 Å². The van der Waals surface area contributed by atoms with Crippen molar-refractivity contribution >= 4 is 11.5 Å². The summed E-state index contributed by atoms with van der Waals surface area (Å²) in [4.78, 5) is 11.2. The molecular weight excluding hydrogens is 236 g/mol. The molecule has 0 amide bonds. The van der Waals surface area contributed by atoms with Crippen molar-refractivity contribution in [3.8, 4) is 0 Å². The fourth-order valence-corrected chi connectivity index (χ4v) is 2.08. The molecule has 2 aromatic rings. The van der Waals surface area contributed by atoms with Crippen LogP contribution in [0, 0.1) is 0 Å². The predicted molar refractivity (Wildman–Crippen MR) is 77.1 cm³/mol. The molecule has 19 heavy (non-hydrogen) atoms. The van der Waals surface area contributed by atoms with Gasteiger partial charge >= 0.3 is 5.97 Å². The van der Waals surface area contributed by atoms with Crippen molar-refractivity contribution in [1.82, 2.24) is 0 Å². The number of carbonyl (C=O) groups is 1. The third-order valence-electron chi connectivity index (χ3n) is 3.25. The minimum Gasteiger partial charge on any atom is -0.481 e. The van der Waals surface area contributed by atoms with Crippen LogP contribution in [0.5, 0.6) is 0 Å². The van der Waals surface area contributed by atoms with Crippen LogP contribution in [0.25, 0.3) is 5.57 Å². The molecule has 0 fully saturated rings. The minimum atomic E-state index is -0.826. The normalized spacial score (nSPS) is 11.8. The summed E-state index contributed by atoms with van der Waals surface area (Å²) in [5.74, 6) is -1.37. The topological polar surface area (TPSA) is 37.3 Å². The first kappa shape index (κ1) is 13.1. The van der Waals surface area contributed by atoms with E-state index >= 15 is 0 Å². The van der Waals surface area contributed by atoms with Gasteiger partial charge in [-0.1, -0.05) is 61.2 Å². The third-order valence-corrected chi connectivity index (χ3v) is 3.25. The Balaban J connectivity index is 2.46. The van der Waals surface area contributed by atoms with Gasteiger partial charge in [0, 0.05) is 0 Å². The van der Waals surface area contributed by atoms with Crippen LogP contribution in [-0.2, 0) is 4.79 Å². The highest BCUT2D eigenvalue weighted by atomic mass is 16.4. The molecule has 1 atom stereocenters. The number of carboxylic acid groups (broad SMARTS) is 1. The summed E-state index contributed by atoms with van der Waals surface area (Å²) in [6, 6.07) is 17.3. The molecule has 96 valence electrons. The zero-order valence-corrected chi connectivity index (χ0v) is 10.8. The van der Waals surface area contributed by atoms with Gasteiger partial charge in [0.05, 0.1) is 5.92 Å². The fraction of sp³-hybridized carbons (Fsp3) is 0.118. The summed E-state index contributed by atoms with van der Waals surface area (Å²) in [6.07, 6.45) is 0. The quantitative estimate of drug-likeness (QED) is 0.895. The molecule has 0 bridgehead atoms. The van der Waals surface area contributed by atoms with Crippen LogP contribution in [0.4, 0.5) is 0 Å². The zero-order chi connectivity index (χ0) is 13.8. The van der Waals surface area contributed by atoms with Gasteiger partial charge < -0.3 is 5.11 Å². The number of benzene rings is 2. The van der Waals surface area contributed by atoms with E-state index in [9.17, 15) is 9.90 Å². The summed E-state index contributed by atoms with van der Waals surface area (Å²) in [5, 5.41) is 9.18. The van der Waals surface area contributed by atoms with E-state index < -0.39 is 11.9 Å². The van der Waals surface area contributed by atoms with E-state index in [1.54, 1.807) is 6.92 Å². The molecule has 0 aliphatic carbocycles. The van der Waals surface area contributed by atoms with Crippen molar-refractivity contribution in [2.45, 2.75) is 12.8 Å². The number of aliphatic carboxylic acids is 1. The Morgan fingerprint density at radius 1 is 1.05 bits per heavy atom. The van der Waals surface area contributed by atoms with E-state index in [2.05, 4.69) is 6.58 Å². The summed E-state index contributed by atoms with van der Waals surface area (Å²) in [7, 11) is 0. The first-order valence-electron chi connectivity index (χ1n) is 6.17. The van der Waals surface area contributed by atoms with Gasteiger partial charge in [0.25, 0.3) is 0 Å². The summed E-state index contributed by atoms with van der Waals surface area (Å²) < 4.78 is 0. The van der Waals surface area contributed by atoms with Crippen LogP contribution >= 0.6 is 0 Å². The van der Waals surface area contributed by atoms with Crippen molar-refractivity contribution in [3.63, 3.8) is 0 Å². The van der Waals surface area contributed by atoms with Crippen molar-refractivity contribution < 1.29 is 9.90 Å². The monoisotopic (exact) mass is 252 g/mol. The molecule has 0 saturated heterocycles. The van der Waals surface area contributed by atoms with Gasteiger partial charge in [-0.05, 0) is 29.2 Å². The molecule has 1 unspecified atom stereocenters. The Bertz CT molecular complexity index is 600. The zero-order valence-electron chi connectivity index (χ0n) is 10.8. The van der Waals surface area contributed by atoms with Gasteiger partial charge in [-0.3, -0.25) is 4.79 Å². The Kier molecular flexibility index (Phi) is 3.81. The van der Waals surface area contributed by atoms with Gasteiger partial charge in [0.15, 0.2) is 0 Å². The van der Waals surface area contributed by atoms with Gasteiger partial charge in [-0.15, -0.1) is 0 Å². The molecule has 0 aliphatic heterocycles. The fourth-order valence-electron chi connectivity index (χ4n) is 2.08. The molecule has 0 aromatic heterocycles. The van der Waals surface area contributed by atoms with Crippen LogP contribution < -0.4 is 0 Å². The number of rotatable bonds is 4. The highest BCUT2D eigenvalue weighted by molar-refractivity contribution is 5.84. The Hall–Kier alpha value is -2.35. The first-order chi connectivity index (χ1) is 9.11. The molecule has 1 N–H and O–H groups in total. The largest absolute Gasteiger partial charge is 0.481 e. The average molecular weight is 252 g/mol. The number of hydrogen-bond donors (Lipinski definition) is 1. The highest BCUT2D eigenvalue weighted by Crippen LogP contribution is 2.29. The van der Waals surface area contributed by atoms with E-state index in [1.807, 2.05) is 54.6 Å². The molecule has 0 radical (unpaired) electrons. The number of carboxylic acids is 1.